The summed E-state index contributed by atoms with van der Waals surface area (Å²) in [5.74, 6) is 0.120. The van der Waals surface area contributed by atoms with Gasteiger partial charge in [0.1, 0.15) is 17.6 Å². The SMILES string of the molecule is C=CC(=O)OC(C)c1cc(OC)ccc1O.O=P(O)(O)O. The third kappa shape index (κ3) is 8.83. The molecule has 0 radical (unpaired) electrons. The predicted octanol–water partition coefficient (Wildman–Crippen LogP) is 1.26. The van der Waals surface area contributed by atoms with Crippen LogP contribution in [0.4, 0.5) is 0 Å². The second kappa shape index (κ2) is 8.43. The van der Waals surface area contributed by atoms with Crippen LogP contribution >= 0.6 is 7.82 Å². The van der Waals surface area contributed by atoms with Gasteiger partial charge >= 0.3 is 13.8 Å². The lowest BCUT2D eigenvalue weighted by Crippen LogP contribution is -2.06. The standard InChI is InChI=1S/C12H14O4.H3O4P/c1-4-12(14)16-8(2)10-7-9(15-3)5-6-11(10)13;1-5(2,3)4/h4-8,13H,1H2,2-3H3;(H3,1,2,3,4). The molecule has 0 amide bonds. The van der Waals surface area contributed by atoms with E-state index in [0.29, 0.717) is 11.3 Å². The summed E-state index contributed by atoms with van der Waals surface area (Å²) < 4.78 is 18.9. The number of methoxy groups -OCH3 is 1. The lowest BCUT2D eigenvalue weighted by atomic mass is 10.1. The van der Waals surface area contributed by atoms with Gasteiger partial charge in [0, 0.05) is 11.6 Å². The van der Waals surface area contributed by atoms with Crippen LogP contribution in [0.1, 0.15) is 18.6 Å². The molecule has 0 fully saturated rings. The first-order valence-electron chi connectivity index (χ1n) is 5.56. The summed E-state index contributed by atoms with van der Waals surface area (Å²) in [6.45, 7) is 4.96. The molecule has 0 saturated heterocycles. The van der Waals surface area contributed by atoms with Crippen molar-refractivity contribution in [3.8, 4) is 11.5 Å². The zero-order chi connectivity index (χ0) is 16.6. The second-order valence-electron chi connectivity index (χ2n) is 3.72. The number of rotatable bonds is 4. The molecule has 0 aromatic heterocycles. The number of carbonyl (C=O) groups is 1. The molecule has 1 unspecified atom stereocenters. The Labute approximate surface area is 121 Å². The van der Waals surface area contributed by atoms with Crippen molar-refractivity contribution in [3.63, 3.8) is 0 Å². The Balaban J connectivity index is 0.000000690. The second-order valence-corrected chi connectivity index (χ2v) is 4.75. The van der Waals surface area contributed by atoms with Gasteiger partial charge in [-0.3, -0.25) is 0 Å². The molecule has 9 heteroatoms. The van der Waals surface area contributed by atoms with Crippen LogP contribution in [-0.2, 0) is 14.1 Å². The fraction of sp³-hybridized carbons (Fsp3) is 0.250. The Morgan fingerprint density at radius 3 is 2.33 bits per heavy atom. The summed E-state index contributed by atoms with van der Waals surface area (Å²) in [5, 5.41) is 9.61. The van der Waals surface area contributed by atoms with Crippen LogP contribution < -0.4 is 4.74 Å². The molecule has 0 spiro atoms. The number of hydrogen-bond acceptors (Lipinski definition) is 5. The van der Waals surface area contributed by atoms with Crippen molar-refractivity contribution in [3.05, 3.63) is 36.4 Å². The Morgan fingerprint density at radius 1 is 1.38 bits per heavy atom. The summed E-state index contributed by atoms with van der Waals surface area (Å²) in [6.07, 6.45) is 0.522. The molecule has 0 saturated carbocycles. The van der Waals surface area contributed by atoms with Crippen LogP contribution in [-0.4, -0.2) is 32.9 Å². The van der Waals surface area contributed by atoms with Gasteiger partial charge in [-0.1, -0.05) is 6.58 Å². The molecule has 21 heavy (non-hydrogen) atoms. The van der Waals surface area contributed by atoms with Crippen LogP contribution in [0.15, 0.2) is 30.9 Å². The number of phosphoric acid groups is 1. The Bertz CT molecular complexity index is 528. The zero-order valence-corrected chi connectivity index (χ0v) is 12.4. The number of phenols is 1. The quantitative estimate of drug-likeness (QED) is 0.370. The van der Waals surface area contributed by atoms with E-state index >= 15 is 0 Å². The molecule has 0 heterocycles. The molecule has 1 rings (SSSR count). The average molecular weight is 320 g/mol. The van der Waals surface area contributed by atoms with Crippen molar-refractivity contribution in [2.45, 2.75) is 13.0 Å². The van der Waals surface area contributed by atoms with E-state index in [0.717, 1.165) is 6.08 Å². The average Bonchev–Trinajstić information content (AvgIpc) is 2.37. The van der Waals surface area contributed by atoms with Gasteiger partial charge < -0.3 is 29.3 Å². The maximum absolute atomic E-state index is 11.0. The summed E-state index contributed by atoms with van der Waals surface area (Å²) in [6, 6.07) is 4.74. The van der Waals surface area contributed by atoms with Crippen molar-refractivity contribution in [1.29, 1.82) is 0 Å². The molecule has 1 aromatic carbocycles. The molecular weight excluding hydrogens is 303 g/mol. The van der Waals surface area contributed by atoms with Gasteiger partial charge in [-0.05, 0) is 25.1 Å². The third-order valence-electron chi connectivity index (χ3n) is 2.13. The van der Waals surface area contributed by atoms with E-state index in [-0.39, 0.29) is 5.75 Å². The highest BCUT2D eigenvalue weighted by Crippen LogP contribution is 2.30. The normalized spacial score (nSPS) is 11.7. The number of aromatic hydroxyl groups is 1. The molecule has 4 N–H and O–H groups in total. The van der Waals surface area contributed by atoms with Crippen LogP contribution in [0, 0.1) is 0 Å². The van der Waals surface area contributed by atoms with Gasteiger partial charge in [0.05, 0.1) is 7.11 Å². The van der Waals surface area contributed by atoms with E-state index in [4.69, 9.17) is 28.7 Å². The number of esters is 1. The van der Waals surface area contributed by atoms with Gasteiger partial charge in [-0.25, -0.2) is 9.36 Å². The molecule has 1 aromatic rings. The van der Waals surface area contributed by atoms with Crippen molar-refractivity contribution in [2.75, 3.05) is 7.11 Å². The molecule has 0 aliphatic heterocycles. The third-order valence-corrected chi connectivity index (χ3v) is 2.13. The molecule has 0 aliphatic carbocycles. The monoisotopic (exact) mass is 320 g/mol. The van der Waals surface area contributed by atoms with Crippen LogP contribution in [0.2, 0.25) is 0 Å². The highest BCUT2D eigenvalue weighted by molar-refractivity contribution is 7.45. The predicted molar refractivity (Wildman–Crippen MR) is 73.6 cm³/mol. The topological polar surface area (TPSA) is 134 Å². The number of carbonyl (C=O) groups excluding carboxylic acids is 1. The lowest BCUT2D eigenvalue weighted by molar-refractivity contribution is -0.142. The van der Waals surface area contributed by atoms with Crippen molar-refractivity contribution in [1.82, 2.24) is 0 Å². The van der Waals surface area contributed by atoms with Gasteiger partial charge in [0.2, 0.25) is 0 Å². The van der Waals surface area contributed by atoms with E-state index in [2.05, 4.69) is 6.58 Å². The fourth-order valence-corrected chi connectivity index (χ4v) is 1.27. The van der Waals surface area contributed by atoms with Gasteiger partial charge in [0.15, 0.2) is 0 Å². The van der Waals surface area contributed by atoms with E-state index in [1.807, 2.05) is 0 Å². The minimum absolute atomic E-state index is 0.0603. The summed E-state index contributed by atoms with van der Waals surface area (Å²) in [5.41, 5.74) is 0.495. The van der Waals surface area contributed by atoms with Crippen molar-refractivity contribution >= 4 is 13.8 Å². The van der Waals surface area contributed by atoms with Crippen molar-refractivity contribution < 1.29 is 38.6 Å². The van der Waals surface area contributed by atoms with Gasteiger partial charge in [0.25, 0.3) is 0 Å². The maximum atomic E-state index is 11.0. The summed E-state index contributed by atoms with van der Waals surface area (Å²) in [7, 11) is -3.11. The number of ether oxygens (including phenoxy) is 2. The molecule has 1 atom stereocenters. The minimum Gasteiger partial charge on any atom is -0.508 e. The highest BCUT2D eigenvalue weighted by atomic mass is 31.2. The minimum atomic E-state index is -4.64. The van der Waals surface area contributed by atoms with Crippen molar-refractivity contribution in [2.24, 2.45) is 0 Å². The number of benzene rings is 1. The Hall–Kier alpha value is -1.86. The molecule has 118 valence electrons. The highest BCUT2D eigenvalue weighted by Gasteiger charge is 2.14. The van der Waals surface area contributed by atoms with Crippen LogP contribution in [0.3, 0.4) is 0 Å². The van der Waals surface area contributed by atoms with E-state index < -0.39 is 19.9 Å². The summed E-state index contributed by atoms with van der Waals surface area (Å²) in [4.78, 5) is 32.6. The smallest absolute Gasteiger partial charge is 0.466 e. The molecular formula is C12H17O8P. The Kier molecular flexibility index (Phi) is 7.69. The lowest BCUT2D eigenvalue weighted by Gasteiger charge is -2.14. The first-order chi connectivity index (χ1) is 9.58. The van der Waals surface area contributed by atoms with E-state index in [1.54, 1.807) is 19.1 Å². The first-order valence-corrected chi connectivity index (χ1v) is 7.13. The number of hydrogen-bond donors (Lipinski definition) is 4. The largest absolute Gasteiger partial charge is 0.508 e. The van der Waals surface area contributed by atoms with Crippen LogP contribution in [0.5, 0.6) is 11.5 Å². The number of phenolic OH excluding ortho intramolecular Hbond substituents is 1. The van der Waals surface area contributed by atoms with Gasteiger partial charge in [-0.15, -0.1) is 0 Å². The maximum Gasteiger partial charge on any atom is 0.466 e. The van der Waals surface area contributed by atoms with E-state index in [9.17, 15) is 9.90 Å². The Morgan fingerprint density at radius 2 is 1.90 bits per heavy atom. The van der Waals surface area contributed by atoms with Crippen LogP contribution in [0.25, 0.3) is 0 Å². The fourth-order valence-electron chi connectivity index (χ4n) is 1.27. The molecule has 0 bridgehead atoms. The molecule has 8 nitrogen and oxygen atoms in total. The first kappa shape index (κ1) is 19.1. The molecule has 0 aliphatic rings. The summed E-state index contributed by atoms with van der Waals surface area (Å²) >= 11 is 0. The van der Waals surface area contributed by atoms with Gasteiger partial charge in [-0.2, -0.15) is 0 Å². The zero-order valence-electron chi connectivity index (χ0n) is 11.5. The van der Waals surface area contributed by atoms with E-state index in [1.165, 1.54) is 13.2 Å².